The largest absolute Gasteiger partial charge is 0.411 e. The van der Waals surface area contributed by atoms with Crippen LogP contribution in [0.4, 0.5) is 10.1 Å². The van der Waals surface area contributed by atoms with Gasteiger partial charge in [0, 0.05) is 11.3 Å². The van der Waals surface area contributed by atoms with Crippen molar-refractivity contribution >= 4 is 23.4 Å². The molecule has 0 aliphatic carbocycles. The van der Waals surface area contributed by atoms with E-state index in [0.29, 0.717) is 5.56 Å². The molecule has 140 valence electrons. The number of nitrogens with zero attached hydrogens (tertiary/aromatic N) is 2. The van der Waals surface area contributed by atoms with Crippen molar-refractivity contribution in [3.05, 3.63) is 58.9 Å². The molecule has 0 aliphatic heterocycles. The third-order valence-electron chi connectivity index (χ3n) is 4.07. The minimum Gasteiger partial charge on any atom is -0.411 e. The third kappa shape index (κ3) is 4.54. The van der Waals surface area contributed by atoms with Crippen molar-refractivity contribution in [1.82, 2.24) is 10.2 Å². The van der Waals surface area contributed by atoms with Gasteiger partial charge in [0.1, 0.15) is 5.82 Å². The van der Waals surface area contributed by atoms with E-state index < -0.39 is 5.25 Å². The summed E-state index contributed by atoms with van der Waals surface area (Å²) in [4.78, 5) is 12.6. The fraction of sp³-hybridized carbons (Fsp3) is 0.250. The van der Waals surface area contributed by atoms with Crippen LogP contribution in [0.15, 0.2) is 46.0 Å². The van der Waals surface area contributed by atoms with Crippen molar-refractivity contribution in [3.8, 4) is 11.5 Å². The molecule has 0 bridgehead atoms. The van der Waals surface area contributed by atoms with Crippen LogP contribution in [0.2, 0.25) is 0 Å². The lowest BCUT2D eigenvalue weighted by Crippen LogP contribution is -2.23. The first-order valence-electron chi connectivity index (χ1n) is 8.48. The molecule has 0 saturated heterocycles. The van der Waals surface area contributed by atoms with Crippen molar-refractivity contribution < 1.29 is 13.6 Å². The van der Waals surface area contributed by atoms with Crippen LogP contribution in [0.5, 0.6) is 0 Å². The summed E-state index contributed by atoms with van der Waals surface area (Å²) < 4.78 is 18.6. The van der Waals surface area contributed by atoms with Crippen molar-refractivity contribution in [1.29, 1.82) is 0 Å². The zero-order chi connectivity index (χ0) is 19.6. The van der Waals surface area contributed by atoms with Gasteiger partial charge in [0.25, 0.3) is 5.22 Å². The Labute approximate surface area is 161 Å². The fourth-order valence-electron chi connectivity index (χ4n) is 2.77. The molecule has 1 N–H and O–H groups in total. The highest BCUT2D eigenvalue weighted by Gasteiger charge is 2.20. The lowest BCUT2D eigenvalue weighted by molar-refractivity contribution is -0.115. The predicted molar refractivity (Wildman–Crippen MR) is 104 cm³/mol. The number of aryl methyl sites for hydroxylation is 3. The molecule has 7 heteroatoms. The number of hydrogen-bond donors (Lipinski definition) is 1. The summed E-state index contributed by atoms with van der Waals surface area (Å²) in [6.07, 6.45) is 0. The summed E-state index contributed by atoms with van der Waals surface area (Å²) in [5, 5.41) is 10.8. The molecule has 5 nitrogen and oxygen atoms in total. The molecule has 1 heterocycles. The summed E-state index contributed by atoms with van der Waals surface area (Å²) in [5.74, 6) is -0.188. The number of carbonyl (C=O) groups excluding carboxylic acids is 1. The second-order valence-electron chi connectivity index (χ2n) is 6.40. The molecule has 3 aromatic rings. The van der Waals surface area contributed by atoms with E-state index in [4.69, 9.17) is 4.42 Å². The number of carbonyl (C=O) groups is 1. The van der Waals surface area contributed by atoms with E-state index in [0.717, 1.165) is 22.4 Å². The summed E-state index contributed by atoms with van der Waals surface area (Å²) in [5.41, 5.74) is 4.66. The van der Waals surface area contributed by atoms with Gasteiger partial charge in [-0.15, -0.1) is 10.2 Å². The molecule has 1 amide bonds. The normalized spacial score (nSPS) is 12.0. The summed E-state index contributed by atoms with van der Waals surface area (Å²) >= 11 is 1.18. The molecule has 0 radical (unpaired) electrons. The van der Waals surface area contributed by atoms with Crippen LogP contribution in [0.25, 0.3) is 11.5 Å². The van der Waals surface area contributed by atoms with Crippen LogP contribution < -0.4 is 5.32 Å². The topological polar surface area (TPSA) is 68.0 Å². The molecule has 2 aromatic carbocycles. The molecule has 1 atom stereocenters. The van der Waals surface area contributed by atoms with Gasteiger partial charge >= 0.3 is 0 Å². The third-order valence-corrected chi connectivity index (χ3v) is 5.00. The van der Waals surface area contributed by atoms with Crippen molar-refractivity contribution in [2.45, 2.75) is 38.2 Å². The molecular weight excluding hydrogens is 365 g/mol. The zero-order valence-electron chi connectivity index (χ0n) is 15.5. The highest BCUT2D eigenvalue weighted by Crippen LogP contribution is 2.28. The first-order valence-corrected chi connectivity index (χ1v) is 9.36. The minimum atomic E-state index is -0.424. The molecule has 0 spiro atoms. The predicted octanol–water partition coefficient (Wildman–Crippen LogP) is 4.92. The SMILES string of the molecule is Cc1cc(C)c(NC(=O)[C@@H](C)Sc2nnc(-c3ccc(F)cc3)o2)c(C)c1. The first-order chi connectivity index (χ1) is 12.8. The van der Waals surface area contributed by atoms with Gasteiger partial charge < -0.3 is 9.73 Å². The zero-order valence-corrected chi connectivity index (χ0v) is 16.4. The van der Waals surface area contributed by atoms with Gasteiger partial charge in [0.2, 0.25) is 11.8 Å². The van der Waals surface area contributed by atoms with Crippen LogP contribution in [0, 0.1) is 26.6 Å². The molecule has 0 fully saturated rings. The highest BCUT2D eigenvalue weighted by molar-refractivity contribution is 8.00. The molecule has 27 heavy (non-hydrogen) atoms. The number of aromatic nitrogens is 2. The quantitative estimate of drug-likeness (QED) is 0.632. The molecule has 1 aromatic heterocycles. The Balaban J connectivity index is 1.68. The number of rotatable bonds is 5. The molecule has 0 unspecified atom stereocenters. The number of halogens is 1. The average Bonchev–Trinajstić information content (AvgIpc) is 3.07. The Hall–Kier alpha value is -2.67. The van der Waals surface area contributed by atoms with Crippen LogP contribution in [0.1, 0.15) is 23.6 Å². The summed E-state index contributed by atoms with van der Waals surface area (Å²) in [6, 6.07) is 9.86. The maximum Gasteiger partial charge on any atom is 0.277 e. The Morgan fingerprint density at radius 1 is 1.11 bits per heavy atom. The minimum absolute atomic E-state index is 0.142. The van der Waals surface area contributed by atoms with Crippen LogP contribution in [-0.4, -0.2) is 21.4 Å². The van der Waals surface area contributed by atoms with Gasteiger partial charge in [0.15, 0.2) is 0 Å². The fourth-order valence-corrected chi connectivity index (χ4v) is 3.46. The van der Waals surface area contributed by atoms with Gasteiger partial charge in [-0.2, -0.15) is 0 Å². The number of hydrogen-bond acceptors (Lipinski definition) is 5. The lowest BCUT2D eigenvalue weighted by atomic mass is 10.1. The number of amides is 1. The second kappa shape index (κ2) is 7.92. The summed E-state index contributed by atoms with van der Waals surface area (Å²) in [7, 11) is 0. The number of thioether (sulfide) groups is 1. The van der Waals surface area contributed by atoms with E-state index >= 15 is 0 Å². The Bertz CT molecular complexity index is 947. The molecule has 3 rings (SSSR count). The maximum absolute atomic E-state index is 13.0. The van der Waals surface area contributed by atoms with Crippen LogP contribution in [-0.2, 0) is 4.79 Å². The van der Waals surface area contributed by atoms with Crippen molar-refractivity contribution in [3.63, 3.8) is 0 Å². The highest BCUT2D eigenvalue weighted by atomic mass is 32.2. The second-order valence-corrected chi connectivity index (χ2v) is 7.70. The summed E-state index contributed by atoms with van der Waals surface area (Å²) in [6.45, 7) is 7.75. The van der Waals surface area contributed by atoms with Crippen molar-refractivity contribution in [2.75, 3.05) is 5.32 Å². The number of benzene rings is 2. The van der Waals surface area contributed by atoms with E-state index in [1.165, 1.54) is 23.9 Å². The van der Waals surface area contributed by atoms with E-state index in [1.54, 1.807) is 19.1 Å². The van der Waals surface area contributed by atoms with Gasteiger partial charge in [-0.1, -0.05) is 29.5 Å². The maximum atomic E-state index is 13.0. The molecule has 0 saturated carbocycles. The Kier molecular flexibility index (Phi) is 5.60. The van der Waals surface area contributed by atoms with E-state index in [-0.39, 0.29) is 22.8 Å². The number of nitrogens with one attached hydrogen (secondary N) is 1. The van der Waals surface area contributed by atoms with Crippen molar-refractivity contribution in [2.24, 2.45) is 0 Å². The Morgan fingerprint density at radius 3 is 2.37 bits per heavy atom. The van der Waals surface area contributed by atoms with E-state index in [2.05, 4.69) is 15.5 Å². The first kappa shape index (κ1) is 19.1. The monoisotopic (exact) mass is 385 g/mol. The Morgan fingerprint density at radius 2 is 1.74 bits per heavy atom. The van der Waals surface area contributed by atoms with Gasteiger partial charge in [0.05, 0.1) is 5.25 Å². The van der Waals surface area contributed by atoms with E-state index in [9.17, 15) is 9.18 Å². The number of anilines is 1. The van der Waals surface area contributed by atoms with Gasteiger partial charge in [-0.3, -0.25) is 4.79 Å². The van der Waals surface area contributed by atoms with Gasteiger partial charge in [-0.05, 0) is 63.1 Å². The van der Waals surface area contributed by atoms with Crippen LogP contribution in [0.3, 0.4) is 0 Å². The average molecular weight is 385 g/mol. The molecule has 0 aliphatic rings. The standard InChI is InChI=1S/C20H20FN3O2S/c1-11-9-12(2)17(13(3)10-11)22-18(25)14(4)27-20-24-23-19(26-20)15-5-7-16(21)8-6-15/h5-10,14H,1-4H3,(H,22,25)/t14-/m1/s1. The van der Waals surface area contributed by atoms with E-state index in [1.807, 2.05) is 32.9 Å². The molecular formula is C20H20FN3O2S. The smallest absolute Gasteiger partial charge is 0.277 e. The lowest BCUT2D eigenvalue weighted by Gasteiger charge is -2.15. The van der Waals surface area contributed by atoms with Crippen LogP contribution >= 0.6 is 11.8 Å². The van der Waals surface area contributed by atoms with Gasteiger partial charge in [-0.25, -0.2) is 4.39 Å².